The van der Waals surface area contributed by atoms with Crippen LogP contribution in [-0.2, 0) is 4.79 Å². The smallest absolute Gasteiger partial charge is 0.221 e. The van der Waals surface area contributed by atoms with Crippen LogP contribution in [0.4, 0.5) is 0 Å². The van der Waals surface area contributed by atoms with Crippen LogP contribution in [0.3, 0.4) is 0 Å². The van der Waals surface area contributed by atoms with Crippen molar-refractivity contribution in [3.63, 3.8) is 0 Å². The van der Waals surface area contributed by atoms with Gasteiger partial charge in [-0.25, -0.2) is 0 Å². The SMILES string of the molecule is CC1CCCC(CN)N1C1CCCNC(=O)C1. The van der Waals surface area contributed by atoms with E-state index in [1.165, 1.54) is 19.3 Å². The van der Waals surface area contributed by atoms with Gasteiger partial charge in [0, 0.05) is 37.6 Å². The van der Waals surface area contributed by atoms with Crippen LogP contribution in [0.2, 0.25) is 0 Å². The summed E-state index contributed by atoms with van der Waals surface area (Å²) >= 11 is 0. The Labute approximate surface area is 104 Å². The molecule has 3 unspecified atom stereocenters. The molecule has 0 bridgehead atoms. The summed E-state index contributed by atoms with van der Waals surface area (Å²) < 4.78 is 0. The monoisotopic (exact) mass is 239 g/mol. The summed E-state index contributed by atoms with van der Waals surface area (Å²) in [6.07, 6.45) is 6.59. The first-order valence-corrected chi connectivity index (χ1v) is 6.96. The molecule has 0 radical (unpaired) electrons. The number of carbonyl (C=O) groups excluding carboxylic acids is 1. The highest BCUT2D eigenvalue weighted by Crippen LogP contribution is 2.28. The first kappa shape index (κ1) is 12.8. The van der Waals surface area contributed by atoms with Gasteiger partial charge in [0.25, 0.3) is 0 Å². The molecular formula is C13H25N3O. The van der Waals surface area contributed by atoms with Gasteiger partial charge in [-0.3, -0.25) is 9.69 Å². The van der Waals surface area contributed by atoms with Gasteiger partial charge in [0.1, 0.15) is 0 Å². The van der Waals surface area contributed by atoms with Gasteiger partial charge >= 0.3 is 0 Å². The van der Waals surface area contributed by atoms with Gasteiger partial charge in [-0.05, 0) is 32.6 Å². The maximum atomic E-state index is 11.7. The number of nitrogens with one attached hydrogen (secondary N) is 1. The van der Waals surface area contributed by atoms with E-state index < -0.39 is 0 Å². The van der Waals surface area contributed by atoms with Crippen LogP contribution in [0.15, 0.2) is 0 Å². The molecule has 0 spiro atoms. The van der Waals surface area contributed by atoms with Crippen molar-refractivity contribution in [1.29, 1.82) is 0 Å². The Morgan fingerprint density at radius 2 is 2.18 bits per heavy atom. The van der Waals surface area contributed by atoms with Crippen LogP contribution in [0, 0.1) is 0 Å². The van der Waals surface area contributed by atoms with E-state index >= 15 is 0 Å². The second kappa shape index (κ2) is 5.83. The molecule has 2 heterocycles. The van der Waals surface area contributed by atoms with Crippen molar-refractivity contribution >= 4 is 5.91 Å². The highest BCUT2D eigenvalue weighted by atomic mass is 16.1. The maximum absolute atomic E-state index is 11.7. The third-order valence-corrected chi connectivity index (χ3v) is 4.24. The van der Waals surface area contributed by atoms with E-state index in [1.54, 1.807) is 0 Å². The number of likely N-dealkylation sites (tertiary alicyclic amines) is 1. The van der Waals surface area contributed by atoms with Crippen molar-refractivity contribution < 1.29 is 4.79 Å². The Balaban J connectivity index is 2.07. The maximum Gasteiger partial charge on any atom is 0.221 e. The van der Waals surface area contributed by atoms with Crippen molar-refractivity contribution in [2.45, 2.75) is 63.6 Å². The number of rotatable bonds is 2. The van der Waals surface area contributed by atoms with E-state index in [4.69, 9.17) is 5.73 Å². The summed E-state index contributed by atoms with van der Waals surface area (Å²) in [7, 11) is 0. The van der Waals surface area contributed by atoms with Crippen LogP contribution in [0.1, 0.15) is 45.4 Å². The summed E-state index contributed by atoms with van der Waals surface area (Å²) in [6, 6.07) is 1.46. The average Bonchev–Trinajstić information content (AvgIpc) is 2.53. The van der Waals surface area contributed by atoms with Crippen LogP contribution < -0.4 is 11.1 Å². The van der Waals surface area contributed by atoms with Gasteiger partial charge in [0.05, 0.1) is 0 Å². The molecule has 4 nitrogen and oxygen atoms in total. The van der Waals surface area contributed by atoms with Gasteiger partial charge < -0.3 is 11.1 Å². The fourth-order valence-corrected chi connectivity index (χ4v) is 3.41. The zero-order chi connectivity index (χ0) is 12.3. The summed E-state index contributed by atoms with van der Waals surface area (Å²) in [6.45, 7) is 3.85. The van der Waals surface area contributed by atoms with Crippen LogP contribution in [0.25, 0.3) is 0 Å². The van der Waals surface area contributed by atoms with Crippen LogP contribution in [0.5, 0.6) is 0 Å². The highest BCUT2D eigenvalue weighted by molar-refractivity contribution is 5.76. The number of carbonyl (C=O) groups is 1. The standard InChI is InChI=1S/C13H25N3O/c1-10-4-2-5-12(9-14)16(10)11-6-3-7-15-13(17)8-11/h10-12H,2-9,14H2,1H3,(H,15,17). The van der Waals surface area contributed by atoms with Crippen molar-refractivity contribution in [3.8, 4) is 0 Å². The molecule has 0 saturated carbocycles. The fourth-order valence-electron chi connectivity index (χ4n) is 3.41. The topological polar surface area (TPSA) is 58.4 Å². The number of nitrogens with zero attached hydrogens (tertiary/aromatic N) is 1. The second-order valence-corrected chi connectivity index (χ2v) is 5.47. The molecule has 2 saturated heterocycles. The first-order chi connectivity index (χ1) is 8.22. The first-order valence-electron chi connectivity index (χ1n) is 6.96. The quantitative estimate of drug-likeness (QED) is 0.751. The van der Waals surface area contributed by atoms with Gasteiger partial charge in [-0.2, -0.15) is 0 Å². The predicted octanol–water partition coefficient (Wildman–Crippen LogP) is 0.857. The number of amides is 1. The normalized spacial score (nSPS) is 36.4. The van der Waals surface area contributed by atoms with Crippen molar-refractivity contribution in [3.05, 3.63) is 0 Å². The van der Waals surface area contributed by atoms with E-state index in [9.17, 15) is 4.79 Å². The number of hydrogen-bond donors (Lipinski definition) is 2. The third-order valence-electron chi connectivity index (χ3n) is 4.24. The lowest BCUT2D eigenvalue weighted by atomic mass is 9.92. The lowest BCUT2D eigenvalue weighted by Gasteiger charge is -2.45. The summed E-state index contributed by atoms with van der Waals surface area (Å²) in [4.78, 5) is 14.2. The van der Waals surface area contributed by atoms with Crippen LogP contribution in [-0.4, -0.2) is 42.0 Å². The van der Waals surface area contributed by atoms with E-state index in [2.05, 4.69) is 17.1 Å². The Morgan fingerprint density at radius 1 is 1.35 bits per heavy atom. The number of nitrogens with two attached hydrogens (primary N) is 1. The Morgan fingerprint density at radius 3 is 2.94 bits per heavy atom. The van der Waals surface area contributed by atoms with E-state index in [-0.39, 0.29) is 5.91 Å². The molecule has 2 aliphatic heterocycles. The van der Waals surface area contributed by atoms with Crippen LogP contribution >= 0.6 is 0 Å². The largest absolute Gasteiger partial charge is 0.356 e. The Hall–Kier alpha value is -0.610. The molecule has 0 aromatic carbocycles. The second-order valence-electron chi connectivity index (χ2n) is 5.47. The molecule has 2 aliphatic rings. The molecule has 0 aromatic rings. The minimum absolute atomic E-state index is 0.209. The molecule has 2 fully saturated rings. The highest BCUT2D eigenvalue weighted by Gasteiger charge is 2.34. The lowest BCUT2D eigenvalue weighted by Crippen LogP contribution is -2.54. The fraction of sp³-hybridized carbons (Fsp3) is 0.923. The number of hydrogen-bond acceptors (Lipinski definition) is 3. The van der Waals surface area contributed by atoms with Gasteiger partial charge in [-0.15, -0.1) is 0 Å². The molecule has 3 N–H and O–H groups in total. The molecule has 1 amide bonds. The van der Waals surface area contributed by atoms with Gasteiger partial charge in [0.15, 0.2) is 0 Å². The van der Waals surface area contributed by atoms with Gasteiger partial charge in [-0.1, -0.05) is 6.42 Å². The van der Waals surface area contributed by atoms with E-state index in [0.717, 1.165) is 25.9 Å². The van der Waals surface area contributed by atoms with Crippen molar-refractivity contribution in [2.24, 2.45) is 5.73 Å². The Kier molecular flexibility index (Phi) is 4.40. The zero-order valence-electron chi connectivity index (χ0n) is 10.8. The third kappa shape index (κ3) is 2.99. The number of piperidine rings is 1. The molecule has 0 aromatic heterocycles. The predicted molar refractivity (Wildman–Crippen MR) is 68.6 cm³/mol. The summed E-state index contributed by atoms with van der Waals surface area (Å²) in [5.41, 5.74) is 5.89. The minimum Gasteiger partial charge on any atom is -0.356 e. The zero-order valence-corrected chi connectivity index (χ0v) is 10.8. The summed E-state index contributed by atoms with van der Waals surface area (Å²) in [5, 5.41) is 2.96. The van der Waals surface area contributed by atoms with Crippen molar-refractivity contribution in [1.82, 2.24) is 10.2 Å². The molecule has 98 valence electrons. The molecule has 17 heavy (non-hydrogen) atoms. The molecule has 2 rings (SSSR count). The van der Waals surface area contributed by atoms with E-state index in [0.29, 0.717) is 24.5 Å². The molecule has 0 aliphatic carbocycles. The molecule has 3 atom stereocenters. The minimum atomic E-state index is 0.209. The lowest BCUT2D eigenvalue weighted by molar-refractivity contribution is -0.122. The Bertz CT molecular complexity index is 269. The molecular weight excluding hydrogens is 214 g/mol. The average molecular weight is 239 g/mol. The van der Waals surface area contributed by atoms with Crippen molar-refractivity contribution in [2.75, 3.05) is 13.1 Å². The van der Waals surface area contributed by atoms with E-state index in [1.807, 2.05) is 0 Å². The summed E-state index contributed by atoms with van der Waals surface area (Å²) in [5.74, 6) is 0.209. The molecule has 4 heteroatoms. The van der Waals surface area contributed by atoms with Gasteiger partial charge in [0.2, 0.25) is 5.91 Å².